The first-order valence-corrected chi connectivity index (χ1v) is 6.07. The van der Waals surface area contributed by atoms with Gasteiger partial charge < -0.3 is 10.2 Å². The lowest BCUT2D eigenvalue weighted by molar-refractivity contribution is 0.0794. The Morgan fingerprint density at radius 3 is 2.36 bits per heavy atom. The quantitative estimate of drug-likeness (QED) is 0.698. The average Bonchev–Trinajstić information content (AvgIpc) is 2.87. The van der Waals surface area contributed by atoms with Gasteiger partial charge in [-0.2, -0.15) is 0 Å². The first-order chi connectivity index (χ1) is 6.85. The van der Waals surface area contributed by atoms with Gasteiger partial charge in [-0.3, -0.25) is 0 Å². The normalized spacial score (nSPS) is 55.3. The summed E-state index contributed by atoms with van der Waals surface area (Å²) in [6.45, 7) is 0.755. The number of hydrogen-bond donors (Lipinski definition) is 2. The highest BCUT2D eigenvalue weighted by Gasteiger charge is 2.56. The van der Waals surface area contributed by atoms with Gasteiger partial charge in [0.2, 0.25) is 0 Å². The van der Waals surface area contributed by atoms with E-state index in [4.69, 9.17) is 0 Å². The fraction of sp³-hybridized carbons (Fsp3) is 1.00. The Balaban J connectivity index is 1.82. The topological polar surface area (TPSA) is 40.5 Å². The molecule has 0 heterocycles. The molecule has 3 rings (SSSR count). The molecule has 3 fully saturated rings. The first kappa shape index (κ1) is 9.17. The molecule has 0 amide bonds. The summed E-state index contributed by atoms with van der Waals surface area (Å²) in [4.78, 5) is 0. The standard InChI is InChI=1S/C12H20O2/c13-5-7-1-2-10-8-3-9(6-14)11(4-8)12(7)10/h7-14H,1-6H2/t7-,8?,9+,10?,11?,12?/m0/s1. The molecule has 2 heteroatoms. The van der Waals surface area contributed by atoms with E-state index in [0.29, 0.717) is 25.0 Å². The summed E-state index contributed by atoms with van der Waals surface area (Å²) in [6.07, 6.45) is 5.18. The van der Waals surface area contributed by atoms with Crippen LogP contribution < -0.4 is 0 Å². The molecule has 0 radical (unpaired) electrons. The van der Waals surface area contributed by atoms with Gasteiger partial charge in [0.1, 0.15) is 0 Å². The predicted molar refractivity (Wildman–Crippen MR) is 53.6 cm³/mol. The molecule has 3 saturated carbocycles. The van der Waals surface area contributed by atoms with Crippen molar-refractivity contribution in [3.63, 3.8) is 0 Å². The van der Waals surface area contributed by atoms with E-state index in [2.05, 4.69) is 0 Å². The maximum Gasteiger partial charge on any atom is 0.0462 e. The molecule has 0 aromatic rings. The fourth-order valence-corrected chi connectivity index (χ4v) is 4.80. The Labute approximate surface area is 85.3 Å². The van der Waals surface area contributed by atoms with Crippen LogP contribution in [0.25, 0.3) is 0 Å². The number of rotatable bonds is 2. The molecule has 0 aromatic heterocycles. The molecule has 2 N–H and O–H groups in total. The van der Waals surface area contributed by atoms with Crippen LogP contribution in [0.3, 0.4) is 0 Å². The smallest absolute Gasteiger partial charge is 0.0462 e. The Hall–Kier alpha value is -0.0800. The van der Waals surface area contributed by atoms with Crippen LogP contribution in [0.2, 0.25) is 0 Å². The van der Waals surface area contributed by atoms with Crippen LogP contribution in [0.5, 0.6) is 0 Å². The molecule has 0 spiro atoms. The van der Waals surface area contributed by atoms with Crippen LogP contribution in [0.1, 0.15) is 25.7 Å². The second-order valence-electron chi connectivity index (χ2n) is 5.60. The van der Waals surface area contributed by atoms with Crippen LogP contribution in [0.4, 0.5) is 0 Å². The van der Waals surface area contributed by atoms with Gasteiger partial charge in [0.25, 0.3) is 0 Å². The molecule has 3 aliphatic rings. The van der Waals surface area contributed by atoms with E-state index in [9.17, 15) is 10.2 Å². The van der Waals surface area contributed by atoms with E-state index in [1.54, 1.807) is 0 Å². The minimum Gasteiger partial charge on any atom is -0.396 e. The highest BCUT2D eigenvalue weighted by atomic mass is 16.3. The lowest BCUT2D eigenvalue weighted by Gasteiger charge is -2.33. The van der Waals surface area contributed by atoms with Gasteiger partial charge >= 0.3 is 0 Å². The molecular weight excluding hydrogens is 176 g/mol. The number of aliphatic hydroxyl groups excluding tert-OH is 2. The SMILES string of the molecule is OC[C@H]1CC2CC1C1C2CC[C@H]1CO. The van der Waals surface area contributed by atoms with E-state index in [-0.39, 0.29) is 0 Å². The highest BCUT2D eigenvalue weighted by molar-refractivity contribution is 5.05. The van der Waals surface area contributed by atoms with E-state index in [0.717, 1.165) is 23.7 Å². The zero-order chi connectivity index (χ0) is 9.71. The molecular formula is C12H20O2. The van der Waals surface area contributed by atoms with Crippen LogP contribution in [-0.4, -0.2) is 23.4 Å². The van der Waals surface area contributed by atoms with Gasteiger partial charge in [0.15, 0.2) is 0 Å². The van der Waals surface area contributed by atoms with E-state index in [1.165, 1.54) is 25.7 Å². The van der Waals surface area contributed by atoms with Crippen LogP contribution in [0, 0.1) is 35.5 Å². The van der Waals surface area contributed by atoms with Crippen LogP contribution >= 0.6 is 0 Å². The van der Waals surface area contributed by atoms with Crippen molar-refractivity contribution in [2.24, 2.45) is 35.5 Å². The van der Waals surface area contributed by atoms with E-state index < -0.39 is 0 Å². The Morgan fingerprint density at radius 2 is 1.64 bits per heavy atom. The average molecular weight is 196 g/mol. The molecule has 0 saturated heterocycles. The number of fused-ring (bicyclic) bond motifs is 5. The van der Waals surface area contributed by atoms with E-state index >= 15 is 0 Å². The lowest BCUT2D eigenvalue weighted by atomic mass is 9.73. The summed E-state index contributed by atoms with van der Waals surface area (Å²) in [7, 11) is 0. The van der Waals surface area contributed by atoms with Gasteiger partial charge in [-0.15, -0.1) is 0 Å². The van der Waals surface area contributed by atoms with Crippen molar-refractivity contribution >= 4 is 0 Å². The highest BCUT2D eigenvalue weighted by Crippen LogP contribution is 2.62. The largest absolute Gasteiger partial charge is 0.396 e. The summed E-state index contributed by atoms with van der Waals surface area (Å²) in [6, 6.07) is 0. The third-order valence-electron chi connectivity index (χ3n) is 5.26. The Bertz CT molecular complexity index is 228. The summed E-state index contributed by atoms with van der Waals surface area (Å²) < 4.78 is 0. The molecule has 0 aromatic carbocycles. The molecule has 14 heavy (non-hydrogen) atoms. The van der Waals surface area contributed by atoms with Crippen molar-refractivity contribution in [1.82, 2.24) is 0 Å². The Morgan fingerprint density at radius 1 is 0.857 bits per heavy atom. The van der Waals surface area contributed by atoms with E-state index in [1.807, 2.05) is 0 Å². The van der Waals surface area contributed by atoms with Crippen molar-refractivity contribution in [2.75, 3.05) is 13.2 Å². The number of hydrogen-bond acceptors (Lipinski definition) is 2. The maximum atomic E-state index is 9.34. The zero-order valence-corrected chi connectivity index (χ0v) is 8.60. The van der Waals surface area contributed by atoms with Crippen molar-refractivity contribution in [3.05, 3.63) is 0 Å². The third-order valence-corrected chi connectivity index (χ3v) is 5.26. The number of aliphatic hydroxyl groups is 2. The third kappa shape index (κ3) is 1.04. The maximum absolute atomic E-state index is 9.34. The molecule has 4 unspecified atom stereocenters. The zero-order valence-electron chi connectivity index (χ0n) is 8.60. The molecule has 80 valence electrons. The predicted octanol–water partition coefficient (Wildman–Crippen LogP) is 1.27. The van der Waals surface area contributed by atoms with Gasteiger partial charge in [-0.05, 0) is 61.2 Å². The van der Waals surface area contributed by atoms with Crippen molar-refractivity contribution in [3.8, 4) is 0 Å². The minimum atomic E-state index is 0.378. The summed E-state index contributed by atoms with van der Waals surface area (Å²) >= 11 is 0. The summed E-state index contributed by atoms with van der Waals surface area (Å²) in [5, 5.41) is 18.6. The van der Waals surface area contributed by atoms with Gasteiger partial charge in [-0.1, -0.05) is 0 Å². The molecule has 2 nitrogen and oxygen atoms in total. The van der Waals surface area contributed by atoms with Gasteiger partial charge in [0, 0.05) is 13.2 Å². The Kier molecular flexibility index (Phi) is 2.10. The van der Waals surface area contributed by atoms with Crippen LogP contribution in [0.15, 0.2) is 0 Å². The first-order valence-electron chi connectivity index (χ1n) is 6.07. The molecule has 2 bridgehead atoms. The monoisotopic (exact) mass is 196 g/mol. The second-order valence-corrected chi connectivity index (χ2v) is 5.60. The van der Waals surface area contributed by atoms with Crippen LogP contribution in [-0.2, 0) is 0 Å². The molecule has 6 atom stereocenters. The van der Waals surface area contributed by atoms with Crippen molar-refractivity contribution in [1.29, 1.82) is 0 Å². The van der Waals surface area contributed by atoms with Crippen molar-refractivity contribution in [2.45, 2.75) is 25.7 Å². The van der Waals surface area contributed by atoms with Crippen molar-refractivity contribution < 1.29 is 10.2 Å². The fourth-order valence-electron chi connectivity index (χ4n) is 4.80. The van der Waals surface area contributed by atoms with Gasteiger partial charge in [0.05, 0.1) is 0 Å². The molecule has 0 aliphatic heterocycles. The minimum absolute atomic E-state index is 0.378. The summed E-state index contributed by atoms with van der Waals surface area (Å²) in [5.74, 6) is 4.42. The second kappa shape index (κ2) is 3.21. The summed E-state index contributed by atoms with van der Waals surface area (Å²) in [5.41, 5.74) is 0. The molecule has 3 aliphatic carbocycles. The van der Waals surface area contributed by atoms with Gasteiger partial charge in [-0.25, -0.2) is 0 Å². The lowest BCUT2D eigenvalue weighted by Crippen LogP contribution is -2.31.